The number of carbonyl (C=O) groups is 1. The Morgan fingerprint density at radius 2 is 2.24 bits per heavy atom. The molecule has 2 unspecified atom stereocenters. The molecular formula is C17H23NO3. The SMILES string of the molecule is O=C(O)CCC1CCCN(CC2Cc3ccccc3O2)C1. The van der Waals surface area contributed by atoms with E-state index in [1.165, 1.54) is 12.0 Å². The predicted octanol–water partition coefficient (Wildman–Crippen LogP) is 2.57. The van der Waals surface area contributed by atoms with E-state index in [-0.39, 0.29) is 6.10 Å². The van der Waals surface area contributed by atoms with Gasteiger partial charge in [-0.1, -0.05) is 18.2 Å². The Morgan fingerprint density at radius 3 is 3.05 bits per heavy atom. The van der Waals surface area contributed by atoms with Crippen LogP contribution in [0.1, 0.15) is 31.2 Å². The molecule has 1 aromatic rings. The third-order valence-corrected chi connectivity index (χ3v) is 4.55. The second-order valence-corrected chi connectivity index (χ2v) is 6.25. The molecule has 1 fully saturated rings. The molecule has 0 aliphatic carbocycles. The third-order valence-electron chi connectivity index (χ3n) is 4.55. The fourth-order valence-electron chi connectivity index (χ4n) is 3.52. The van der Waals surface area contributed by atoms with Crippen LogP contribution in [0, 0.1) is 5.92 Å². The number of hydrogen-bond acceptors (Lipinski definition) is 3. The number of carboxylic acid groups (broad SMARTS) is 1. The average molecular weight is 289 g/mol. The van der Waals surface area contributed by atoms with Crippen LogP contribution >= 0.6 is 0 Å². The molecule has 0 bridgehead atoms. The van der Waals surface area contributed by atoms with Crippen LogP contribution in [-0.4, -0.2) is 41.7 Å². The second kappa shape index (κ2) is 6.48. The maximum atomic E-state index is 10.7. The van der Waals surface area contributed by atoms with Crippen molar-refractivity contribution < 1.29 is 14.6 Å². The summed E-state index contributed by atoms with van der Waals surface area (Å²) in [5, 5.41) is 8.81. The molecule has 0 aromatic heterocycles. The number of nitrogens with zero attached hydrogens (tertiary/aromatic N) is 1. The molecule has 0 saturated carbocycles. The first-order chi connectivity index (χ1) is 10.2. The van der Waals surface area contributed by atoms with Crippen molar-refractivity contribution in [3.63, 3.8) is 0 Å². The molecule has 114 valence electrons. The molecule has 0 spiro atoms. The summed E-state index contributed by atoms with van der Waals surface area (Å²) in [6.45, 7) is 3.08. The first-order valence-electron chi connectivity index (χ1n) is 7.89. The van der Waals surface area contributed by atoms with Gasteiger partial charge in [-0.2, -0.15) is 0 Å². The molecule has 1 aromatic carbocycles. The summed E-state index contributed by atoms with van der Waals surface area (Å²) in [4.78, 5) is 13.1. The van der Waals surface area contributed by atoms with Crippen LogP contribution < -0.4 is 4.74 Å². The first kappa shape index (κ1) is 14.4. The Bertz CT molecular complexity index is 478. The van der Waals surface area contributed by atoms with Crippen molar-refractivity contribution in [2.75, 3.05) is 19.6 Å². The molecule has 0 radical (unpaired) electrons. The Hall–Kier alpha value is -1.55. The summed E-state index contributed by atoms with van der Waals surface area (Å²) in [5.41, 5.74) is 1.31. The highest BCUT2D eigenvalue weighted by Gasteiger charge is 2.27. The second-order valence-electron chi connectivity index (χ2n) is 6.25. The van der Waals surface area contributed by atoms with E-state index in [1.807, 2.05) is 12.1 Å². The summed E-state index contributed by atoms with van der Waals surface area (Å²) < 4.78 is 6.01. The van der Waals surface area contributed by atoms with E-state index in [4.69, 9.17) is 9.84 Å². The Balaban J connectivity index is 1.48. The Kier molecular flexibility index (Phi) is 4.44. The largest absolute Gasteiger partial charge is 0.488 e. The number of piperidine rings is 1. The number of likely N-dealkylation sites (tertiary alicyclic amines) is 1. The van der Waals surface area contributed by atoms with Crippen LogP contribution in [0.2, 0.25) is 0 Å². The van der Waals surface area contributed by atoms with Gasteiger partial charge < -0.3 is 9.84 Å². The summed E-state index contributed by atoms with van der Waals surface area (Å²) in [7, 11) is 0. The molecule has 3 rings (SSSR count). The number of para-hydroxylation sites is 1. The molecule has 2 heterocycles. The fraction of sp³-hybridized carbons (Fsp3) is 0.588. The standard InChI is InChI=1S/C17H23NO3/c19-17(20)8-7-13-4-3-9-18(11-13)12-15-10-14-5-1-2-6-16(14)21-15/h1-2,5-6,13,15H,3-4,7-12H2,(H,19,20). The number of benzene rings is 1. The lowest BCUT2D eigenvalue weighted by atomic mass is 9.93. The van der Waals surface area contributed by atoms with Gasteiger partial charge in [0.05, 0.1) is 0 Å². The van der Waals surface area contributed by atoms with Crippen molar-refractivity contribution in [1.82, 2.24) is 4.90 Å². The van der Waals surface area contributed by atoms with Gasteiger partial charge in [-0.05, 0) is 43.4 Å². The number of carboxylic acids is 1. The number of ether oxygens (including phenoxy) is 1. The van der Waals surface area contributed by atoms with Crippen molar-refractivity contribution >= 4 is 5.97 Å². The highest BCUT2D eigenvalue weighted by Crippen LogP contribution is 2.29. The van der Waals surface area contributed by atoms with Gasteiger partial charge in [-0.3, -0.25) is 9.69 Å². The van der Waals surface area contributed by atoms with Crippen molar-refractivity contribution in [1.29, 1.82) is 0 Å². The fourth-order valence-corrected chi connectivity index (χ4v) is 3.52. The van der Waals surface area contributed by atoms with Crippen LogP contribution in [0.3, 0.4) is 0 Å². The Labute approximate surface area is 125 Å². The zero-order valence-electron chi connectivity index (χ0n) is 12.3. The summed E-state index contributed by atoms with van der Waals surface area (Å²) in [5.74, 6) is 0.877. The number of rotatable bonds is 5. The van der Waals surface area contributed by atoms with Gasteiger partial charge in [-0.15, -0.1) is 0 Å². The lowest BCUT2D eigenvalue weighted by Crippen LogP contribution is -2.41. The van der Waals surface area contributed by atoms with Crippen molar-refractivity contribution in [2.45, 2.75) is 38.2 Å². The van der Waals surface area contributed by atoms with Crippen LogP contribution in [0.25, 0.3) is 0 Å². The minimum Gasteiger partial charge on any atom is -0.488 e. The van der Waals surface area contributed by atoms with Crippen molar-refractivity contribution in [3.05, 3.63) is 29.8 Å². The van der Waals surface area contributed by atoms with Crippen LogP contribution in [0.4, 0.5) is 0 Å². The summed E-state index contributed by atoms with van der Waals surface area (Å²) in [6, 6.07) is 8.26. The van der Waals surface area contributed by atoms with E-state index in [9.17, 15) is 4.79 Å². The third kappa shape index (κ3) is 3.76. The van der Waals surface area contributed by atoms with Crippen molar-refractivity contribution in [3.8, 4) is 5.75 Å². The van der Waals surface area contributed by atoms with E-state index in [1.54, 1.807) is 0 Å². The van der Waals surface area contributed by atoms with E-state index >= 15 is 0 Å². The van der Waals surface area contributed by atoms with Crippen molar-refractivity contribution in [2.24, 2.45) is 5.92 Å². The quantitative estimate of drug-likeness (QED) is 0.905. The van der Waals surface area contributed by atoms with Crippen LogP contribution in [0.5, 0.6) is 5.75 Å². The molecule has 0 amide bonds. The van der Waals surface area contributed by atoms with Crippen LogP contribution in [0.15, 0.2) is 24.3 Å². The highest BCUT2D eigenvalue weighted by atomic mass is 16.5. The Morgan fingerprint density at radius 1 is 1.38 bits per heavy atom. The minimum atomic E-state index is -0.679. The van der Waals surface area contributed by atoms with Gasteiger partial charge in [0.1, 0.15) is 11.9 Å². The molecule has 21 heavy (non-hydrogen) atoms. The van der Waals surface area contributed by atoms with Gasteiger partial charge in [0.2, 0.25) is 0 Å². The van der Waals surface area contributed by atoms with E-state index in [0.29, 0.717) is 12.3 Å². The van der Waals surface area contributed by atoms with Crippen LogP contribution in [-0.2, 0) is 11.2 Å². The first-order valence-corrected chi connectivity index (χ1v) is 7.89. The molecular weight excluding hydrogens is 266 g/mol. The van der Waals surface area contributed by atoms with Gasteiger partial charge in [-0.25, -0.2) is 0 Å². The van der Waals surface area contributed by atoms with E-state index in [2.05, 4.69) is 17.0 Å². The van der Waals surface area contributed by atoms with E-state index < -0.39 is 5.97 Å². The molecule has 4 nitrogen and oxygen atoms in total. The van der Waals surface area contributed by atoms with Gasteiger partial charge in [0.25, 0.3) is 0 Å². The lowest BCUT2D eigenvalue weighted by Gasteiger charge is -2.33. The normalized spacial score (nSPS) is 25.3. The van der Waals surface area contributed by atoms with E-state index in [0.717, 1.165) is 44.6 Å². The zero-order valence-corrected chi connectivity index (χ0v) is 12.3. The number of hydrogen-bond donors (Lipinski definition) is 1. The topological polar surface area (TPSA) is 49.8 Å². The molecule has 2 aliphatic heterocycles. The monoisotopic (exact) mass is 289 g/mol. The molecule has 2 aliphatic rings. The maximum Gasteiger partial charge on any atom is 0.303 e. The minimum absolute atomic E-state index is 0.251. The van der Waals surface area contributed by atoms with Gasteiger partial charge >= 0.3 is 5.97 Å². The zero-order chi connectivity index (χ0) is 14.7. The number of aliphatic carboxylic acids is 1. The van der Waals surface area contributed by atoms with Gasteiger partial charge in [0, 0.05) is 25.9 Å². The molecule has 1 N–H and O–H groups in total. The molecule has 2 atom stereocenters. The predicted molar refractivity (Wildman–Crippen MR) is 80.6 cm³/mol. The smallest absolute Gasteiger partial charge is 0.303 e. The lowest BCUT2D eigenvalue weighted by molar-refractivity contribution is -0.137. The highest BCUT2D eigenvalue weighted by molar-refractivity contribution is 5.66. The van der Waals surface area contributed by atoms with Gasteiger partial charge in [0.15, 0.2) is 0 Å². The average Bonchev–Trinajstić information content (AvgIpc) is 2.87. The molecule has 4 heteroatoms. The summed E-state index contributed by atoms with van der Waals surface area (Å²) >= 11 is 0. The maximum absolute atomic E-state index is 10.7. The number of fused-ring (bicyclic) bond motifs is 1. The molecule has 1 saturated heterocycles. The summed E-state index contributed by atoms with van der Waals surface area (Å²) in [6.07, 6.45) is 4.67.